The van der Waals surface area contributed by atoms with Gasteiger partial charge in [-0.05, 0) is 25.1 Å². The summed E-state index contributed by atoms with van der Waals surface area (Å²) >= 11 is 0. The van der Waals surface area contributed by atoms with E-state index in [4.69, 9.17) is 4.42 Å². The fourth-order valence-corrected chi connectivity index (χ4v) is 2.11. The molecule has 0 spiro atoms. The van der Waals surface area contributed by atoms with Crippen molar-refractivity contribution in [2.75, 3.05) is 23.8 Å². The Morgan fingerprint density at radius 1 is 1.40 bits per heavy atom. The van der Waals surface area contributed by atoms with Crippen LogP contribution in [0.1, 0.15) is 12.5 Å². The Morgan fingerprint density at radius 3 is 2.80 bits per heavy atom. The summed E-state index contributed by atoms with van der Waals surface area (Å²) in [4.78, 5) is 12.8. The Labute approximate surface area is 117 Å². The molecule has 2 rings (SSSR count). The lowest BCUT2D eigenvalue weighted by molar-refractivity contribution is -0.383. The van der Waals surface area contributed by atoms with E-state index in [-0.39, 0.29) is 10.6 Å². The minimum absolute atomic E-state index is 0.0975. The Kier molecular flexibility index (Phi) is 4.24. The van der Waals surface area contributed by atoms with Crippen molar-refractivity contribution < 1.29 is 9.34 Å². The van der Waals surface area contributed by atoms with Crippen LogP contribution < -0.4 is 10.2 Å². The molecule has 1 aromatic carbocycles. The largest absolute Gasteiger partial charge is 0.472 e. The van der Waals surface area contributed by atoms with E-state index in [2.05, 4.69) is 5.32 Å². The lowest BCUT2D eigenvalue weighted by Crippen LogP contribution is -2.18. The van der Waals surface area contributed by atoms with Crippen molar-refractivity contribution >= 4 is 17.1 Å². The molecule has 0 unspecified atom stereocenters. The molecule has 1 N–H and O–H groups in total. The highest BCUT2D eigenvalue weighted by molar-refractivity contribution is 5.76. The number of hydrogen-bond donors (Lipinski definition) is 1. The molecule has 6 heteroatoms. The van der Waals surface area contributed by atoms with Gasteiger partial charge in [0.2, 0.25) is 0 Å². The molecule has 6 nitrogen and oxygen atoms in total. The lowest BCUT2D eigenvalue weighted by Gasteiger charge is -2.19. The first-order valence-corrected chi connectivity index (χ1v) is 6.37. The van der Waals surface area contributed by atoms with E-state index in [0.717, 1.165) is 5.56 Å². The van der Waals surface area contributed by atoms with Gasteiger partial charge in [-0.1, -0.05) is 6.07 Å². The molecule has 2 aromatic rings. The summed E-state index contributed by atoms with van der Waals surface area (Å²) in [5, 5.41) is 14.4. The number of para-hydroxylation sites is 1. The van der Waals surface area contributed by atoms with Crippen molar-refractivity contribution in [1.82, 2.24) is 0 Å². The molecular formula is C14H17N3O3. The smallest absolute Gasteiger partial charge is 0.315 e. The second-order valence-corrected chi connectivity index (χ2v) is 4.45. The molecule has 0 amide bonds. The van der Waals surface area contributed by atoms with Gasteiger partial charge in [0, 0.05) is 25.7 Å². The zero-order valence-electron chi connectivity index (χ0n) is 11.5. The minimum atomic E-state index is -0.348. The number of furan rings is 1. The molecule has 0 saturated carbocycles. The van der Waals surface area contributed by atoms with E-state index < -0.39 is 0 Å². The standard InChI is InChI=1S/C14H17N3O3/c1-3-15-12-5-4-6-13(14(12)17(18)19)16(2)9-11-7-8-20-10-11/h4-8,10,15H,3,9H2,1-2H3. The molecule has 0 fully saturated rings. The Balaban J connectivity index is 2.34. The summed E-state index contributed by atoms with van der Waals surface area (Å²) in [5.41, 5.74) is 2.18. The van der Waals surface area contributed by atoms with Crippen LogP contribution in [0.25, 0.3) is 0 Å². The number of nitro benzene ring substituents is 1. The van der Waals surface area contributed by atoms with Gasteiger partial charge in [-0.25, -0.2) is 0 Å². The SMILES string of the molecule is CCNc1cccc(N(C)Cc2ccoc2)c1[N+](=O)[O-]. The molecule has 0 radical (unpaired) electrons. The summed E-state index contributed by atoms with van der Waals surface area (Å²) in [6.07, 6.45) is 3.23. The number of nitrogens with zero attached hydrogens (tertiary/aromatic N) is 2. The van der Waals surface area contributed by atoms with Crippen LogP contribution in [0, 0.1) is 10.1 Å². The minimum Gasteiger partial charge on any atom is -0.472 e. The van der Waals surface area contributed by atoms with Crippen molar-refractivity contribution in [2.24, 2.45) is 0 Å². The Bertz CT molecular complexity index is 581. The quantitative estimate of drug-likeness (QED) is 0.647. The average molecular weight is 275 g/mol. The van der Waals surface area contributed by atoms with E-state index in [1.54, 1.807) is 24.7 Å². The van der Waals surface area contributed by atoms with Gasteiger partial charge >= 0.3 is 5.69 Å². The van der Waals surface area contributed by atoms with Crippen LogP contribution in [-0.2, 0) is 6.54 Å². The van der Waals surface area contributed by atoms with Crippen molar-refractivity contribution in [2.45, 2.75) is 13.5 Å². The summed E-state index contributed by atoms with van der Waals surface area (Å²) in [6.45, 7) is 3.09. The number of rotatable bonds is 6. The Morgan fingerprint density at radius 2 is 2.20 bits per heavy atom. The maximum atomic E-state index is 11.3. The maximum Gasteiger partial charge on any atom is 0.315 e. The first-order chi connectivity index (χ1) is 9.63. The number of anilines is 2. The van der Waals surface area contributed by atoms with Crippen LogP contribution in [0.3, 0.4) is 0 Å². The maximum absolute atomic E-state index is 11.3. The first kappa shape index (κ1) is 13.9. The van der Waals surface area contributed by atoms with Gasteiger partial charge in [0.05, 0.1) is 17.4 Å². The van der Waals surface area contributed by atoms with Gasteiger partial charge in [-0.15, -0.1) is 0 Å². The normalized spacial score (nSPS) is 10.3. The highest BCUT2D eigenvalue weighted by atomic mass is 16.6. The van der Waals surface area contributed by atoms with E-state index in [9.17, 15) is 10.1 Å². The third-order valence-electron chi connectivity index (χ3n) is 2.98. The third-order valence-corrected chi connectivity index (χ3v) is 2.98. The molecule has 1 aromatic heterocycles. The molecule has 1 heterocycles. The number of nitro groups is 1. The van der Waals surface area contributed by atoms with Crippen molar-refractivity contribution in [3.8, 4) is 0 Å². The highest BCUT2D eigenvalue weighted by Crippen LogP contribution is 2.35. The first-order valence-electron chi connectivity index (χ1n) is 6.37. The zero-order valence-corrected chi connectivity index (χ0v) is 11.5. The molecule has 0 aliphatic carbocycles. The second-order valence-electron chi connectivity index (χ2n) is 4.45. The van der Waals surface area contributed by atoms with Crippen molar-refractivity contribution in [3.63, 3.8) is 0 Å². The summed E-state index contributed by atoms with van der Waals surface area (Å²) < 4.78 is 5.02. The van der Waals surface area contributed by atoms with Crippen molar-refractivity contribution in [3.05, 3.63) is 52.5 Å². The monoisotopic (exact) mass is 275 g/mol. The number of nitrogens with one attached hydrogen (secondary N) is 1. The molecule has 0 aliphatic heterocycles. The highest BCUT2D eigenvalue weighted by Gasteiger charge is 2.22. The molecular weight excluding hydrogens is 258 g/mol. The molecule has 0 aliphatic rings. The molecule has 0 bridgehead atoms. The van der Waals surface area contributed by atoms with Gasteiger partial charge in [-0.2, -0.15) is 0 Å². The van der Waals surface area contributed by atoms with Gasteiger partial charge in [0.15, 0.2) is 0 Å². The van der Waals surface area contributed by atoms with Crippen LogP contribution in [0.2, 0.25) is 0 Å². The van der Waals surface area contributed by atoms with E-state index in [1.807, 2.05) is 31.0 Å². The predicted octanol–water partition coefficient (Wildman–Crippen LogP) is 3.26. The van der Waals surface area contributed by atoms with Gasteiger partial charge in [-0.3, -0.25) is 10.1 Å². The Hall–Kier alpha value is -2.50. The van der Waals surface area contributed by atoms with Crippen LogP contribution in [0.4, 0.5) is 17.1 Å². The van der Waals surface area contributed by atoms with Crippen LogP contribution in [0.5, 0.6) is 0 Å². The van der Waals surface area contributed by atoms with Gasteiger partial charge in [0.25, 0.3) is 0 Å². The zero-order chi connectivity index (χ0) is 14.5. The van der Waals surface area contributed by atoms with Gasteiger partial charge in [0.1, 0.15) is 11.4 Å². The number of hydrogen-bond acceptors (Lipinski definition) is 5. The second kappa shape index (κ2) is 6.10. The number of benzene rings is 1. The molecule has 0 atom stereocenters. The molecule has 0 saturated heterocycles. The summed E-state index contributed by atoms with van der Waals surface area (Å²) in [6, 6.07) is 7.12. The van der Waals surface area contributed by atoms with Crippen LogP contribution >= 0.6 is 0 Å². The van der Waals surface area contributed by atoms with Gasteiger partial charge < -0.3 is 14.6 Å². The molecule has 20 heavy (non-hydrogen) atoms. The van der Waals surface area contributed by atoms with E-state index in [1.165, 1.54) is 0 Å². The van der Waals surface area contributed by atoms with E-state index >= 15 is 0 Å². The fraction of sp³-hybridized carbons (Fsp3) is 0.286. The third kappa shape index (κ3) is 2.90. The van der Waals surface area contributed by atoms with Crippen LogP contribution in [-0.4, -0.2) is 18.5 Å². The molecule has 106 valence electrons. The summed E-state index contributed by atoms with van der Waals surface area (Å²) in [7, 11) is 1.82. The predicted molar refractivity (Wildman–Crippen MR) is 78.1 cm³/mol. The summed E-state index contributed by atoms with van der Waals surface area (Å²) in [5.74, 6) is 0. The lowest BCUT2D eigenvalue weighted by atomic mass is 10.2. The fourth-order valence-electron chi connectivity index (χ4n) is 2.11. The average Bonchev–Trinajstić information content (AvgIpc) is 2.91. The topological polar surface area (TPSA) is 71.5 Å². The van der Waals surface area contributed by atoms with E-state index in [0.29, 0.717) is 24.5 Å². The van der Waals surface area contributed by atoms with Crippen molar-refractivity contribution in [1.29, 1.82) is 0 Å². The van der Waals surface area contributed by atoms with Crippen LogP contribution in [0.15, 0.2) is 41.2 Å².